The summed E-state index contributed by atoms with van der Waals surface area (Å²) in [6.07, 6.45) is 2.33. The summed E-state index contributed by atoms with van der Waals surface area (Å²) in [6, 6.07) is 10.7. The third-order valence-electron chi connectivity index (χ3n) is 4.73. The fourth-order valence-corrected chi connectivity index (χ4v) is 3.78. The van der Waals surface area contributed by atoms with E-state index in [1.165, 1.54) is 6.42 Å². The topological polar surface area (TPSA) is 52.6 Å². The van der Waals surface area contributed by atoms with Gasteiger partial charge in [-0.3, -0.25) is 0 Å². The third kappa shape index (κ3) is 9.44. The van der Waals surface area contributed by atoms with Gasteiger partial charge in [-0.25, -0.2) is 9.98 Å². The molecule has 0 radical (unpaired) electrons. The van der Waals surface area contributed by atoms with Crippen LogP contribution in [0.1, 0.15) is 45.5 Å². The van der Waals surface area contributed by atoms with Crippen molar-refractivity contribution in [2.45, 2.75) is 53.1 Å². The number of guanidine groups is 1. The predicted octanol–water partition coefficient (Wildman–Crippen LogP) is 4.99. The zero-order chi connectivity index (χ0) is 20.2. The Labute approximate surface area is 197 Å². The van der Waals surface area contributed by atoms with Crippen LogP contribution >= 0.6 is 35.3 Å². The van der Waals surface area contributed by atoms with E-state index in [2.05, 4.69) is 60.7 Å². The largest absolute Gasteiger partial charge is 0.357 e. The van der Waals surface area contributed by atoms with E-state index in [1.807, 2.05) is 18.2 Å². The van der Waals surface area contributed by atoms with Crippen LogP contribution in [0.5, 0.6) is 0 Å². The highest BCUT2D eigenvalue weighted by molar-refractivity contribution is 14.0. The number of halogens is 1. The highest BCUT2D eigenvalue weighted by Gasteiger charge is 2.08. The van der Waals surface area contributed by atoms with Crippen molar-refractivity contribution in [1.29, 1.82) is 0 Å². The summed E-state index contributed by atoms with van der Waals surface area (Å²) in [5, 5.41) is 10.0. The maximum atomic E-state index is 4.74. The normalized spacial score (nSPS) is 12.5. The first-order chi connectivity index (χ1) is 13.7. The Balaban J connectivity index is 0.00000420. The van der Waals surface area contributed by atoms with Crippen LogP contribution in [0.15, 0.2) is 40.7 Å². The molecule has 0 saturated carbocycles. The van der Waals surface area contributed by atoms with Crippen LogP contribution < -0.4 is 10.6 Å². The second-order valence-electron chi connectivity index (χ2n) is 6.90. The van der Waals surface area contributed by atoms with Gasteiger partial charge in [0.05, 0.1) is 12.2 Å². The Morgan fingerprint density at radius 3 is 2.55 bits per heavy atom. The number of hydrogen-bond acceptors (Lipinski definition) is 4. The average molecular weight is 530 g/mol. The molecule has 0 aliphatic carbocycles. The molecule has 0 bridgehead atoms. The summed E-state index contributed by atoms with van der Waals surface area (Å²) in [5.41, 5.74) is 2.18. The van der Waals surface area contributed by atoms with Crippen molar-refractivity contribution in [2.75, 3.05) is 26.2 Å². The average Bonchev–Trinajstić information content (AvgIpc) is 3.19. The minimum Gasteiger partial charge on any atom is -0.357 e. The van der Waals surface area contributed by atoms with Crippen molar-refractivity contribution < 1.29 is 0 Å². The molecule has 2 N–H and O–H groups in total. The van der Waals surface area contributed by atoms with E-state index in [0.717, 1.165) is 54.8 Å². The van der Waals surface area contributed by atoms with Crippen molar-refractivity contribution in [3.05, 3.63) is 40.7 Å². The maximum absolute atomic E-state index is 4.74. The molecule has 1 aromatic carbocycles. The lowest BCUT2D eigenvalue weighted by atomic mass is 10.2. The number of nitrogens with zero attached hydrogens (tertiary/aromatic N) is 3. The van der Waals surface area contributed by atoms with Crippen LogP contribution in [0.25, 0.3) is 11.3 Å². The molecule has 1 unspecified atom stereocenters. The van der Waals surface area contributed by atoms with E-state index < -0.39 is 0 Å². The number of hydrogen-bond donors (Lipinski definition) is 2. The van der Waals surface area contributed by atoms with Gasteiger partial charge >= 0.3 is 0 Å². The zero-order valence-electron chi connectivity index (χ0n) is 18.1. The molecule has 29 heavy (non-hydrogen) atoms. The number of nitrogens with one attached hydrogen (secondary N) is 2. The van der Waals surface area contributed by atoms with Crippen molar-refractivity contribution in [2.24, 2.45) is 4.99 Å². The second kappa shape index (κ2) is 14.7. The molecule has 2 aromatic rings. The molecule has 0 fully saturated rings. The van der Waals surface area contributed by atoms with Gasteiger partial charge in [0.2, 0.25) is 0 Å². The van der Waals surface area contributed by atoms with Crippen molar-refractivity contribution in [1.82, 2.24) is 20.5 Å². The highest BCUT2D eigenvalue weighted by atomic mass is 127. The van der Waals surface area contributed by atoms with Gasteiger partial charge < -0.3 is 15.5 Å². The van der Waals surface area contributed by atoms with Crippen LogP contribution in [0.3, 0.4) is 0 Å². The maximum Gasteiger partial charge on any atom is 0.191 e. The summed E-state index contributed by atoms with van der Waals surface area (Å²) in [7, 11) is 0. The number of thiazole rings is 1. The molecule has 162 valence electrons. The lowest BCUT2D eigenvalue weighted by Gasteiger charge is -2.21. The van der Waals surface area contributed by atoms with Gasteiger partial charge in [-0.1, -0.05) is 44.2 Å². The summed E-state index contributed by atoms with van der Waals surface area (Å²) in [4.78, 5) is 11.9. The first-order valence-electron chi connectivity index (χ1n) is 10.4. The monoisotopic (exact) mass is 529 g/mol. The SMILES string of the molecule is CCNC(=NCc1nc(-c2ccccc2)cs1)NC(C)CCCN(CC)CC.I. The van der Waals surface area contributed by atoms with Crippen LogP contribution in [0.4, 0.5) is 0 Å². The Kier molecular flexibility index (Phi) is 13.1. The number of rotatable bonds is 11. The minimum absolute atomic E-state index is 0. The van der Waals surface area contributed by atoms with E-state index in [9.17, 15) is 0 Å². The molecule has 0 saturated heterocycles. The fourth-order valence-electron chi connectivity index (χ4n) is 3.06. The smallest absolute Gasteiger partial charge is 0.191 e. The molecule has 1 aromatic heterocycles. The van der Waals surface area contributed by atoms with Crippen LogP contribution in [0, 0.1) is 0 Å². The van der Waals surface area contributed by atoms with Gasteiger partial charge in [0.15, 0.2) is 5.96 Å². The van der Waals surface area contributed by atoms with Gasteiger partial charge in [0, 0.05) is 23.5 Å². The molecule has 0 aliphatic heterocycles. The fraction of sp³-hybridized carbons (Fsp3) is 0.545. The Morgan fingerprint density at radius 1 is 1.17 bits per heavy atom. The summed E-state index contributed by atoms with van der Waals surface area (Å²) in [5.74, 6) is 0.870. The first kappa shape index (κ1) is 25.8. The van der Waals surface area contributed by atoms with Gasteiger partial charge in [-0.05, 0) is 46.3 Å². The Hall–Kier alpha value is -1.19. The van der Waals surface area contributed by atoms with E-state index in [-0.39, 0.29) is 24.0 Å². The zero-order valence-corrected chi connectivity index (χ0v) is 21.3. The van der Waals surface area contributed by atoms with E-state index in [4.69, 9.17) is 9.98 Å². The lowest BCUT2D eigenvalue weighted by molar-refractivity contribution is 0.292. The predicted molar refractivity (Wildman–Crippen MR) is 137 cm³/mol. The molecule has 0 spiro atoms. The second-order valence-corrected chi connectivity index (χ2v) is 7.84. The van der Waals surface area contributed by atoms with E-state index in [0.29, 0.717) is 12.6 Å². The van der Waals surface area contributed by atoms with E-state index >= 15 is 0 Å². The molecule has 0 aliphatic rings. The minimum atomic E-state index is 0. The Bertz CT molecular complexity index is 700. The quantitative estimate of drug-likeness (QED) is 0.245. The third-order valence-corrected chi connectivity index (χ3v) is 5.56. The molecular weight excluding hydrogens is 493 g/mol. The number of aromatic nitrogens is 1. The molecular formula is C22H36IN5S. The van der Waals surface area contributed by atoms with Crippen LogP contribution in [0.2, 0.25) is 0 Å². The number of benzene rings is 1. The standard InChI is InChI=1S/C22H35N5S.HI/c1-5-23-22(25-18(4)12-11-15-27(6-2)7-3)24-16-21-26-20(17-28-21)19-13-9-8-10-14-19;/h8-10,13-14,17-18H,5-7,11-12,15-16H2,1-4H3,(H2,23,24,25);1H. The van der Waals surface area contributed by atoms with Crippen molar-refractivity contribution in [3.63, 3.8) is 0 Å². The van der Waals surface area contributed by atoms with Crippen LogP contribution in [-0.2, 0) is 6.54 Å². The van der Waals surface area contributed by atoms with Crippen LogP contribution in [-0.4, -0.2) is 48.1 Å². The Morgan fingerprint density at radius 2 is 1.90 bits per heavy atom. The lowest BCUT2D eigenvalue weighted by Crippen LogP contribution is -2.42. The summed E-state index contributed by atoms with van der Waals surface area (Å²) < 4.78 is 0. The first-order valence-corrected chi connectivity index (χ1v) is 11.3. The molecule has 1 atom stereocenters. The summed E-state index contributed by atoms with van der Waals surface area (Å²) in [6.45, 7) is 13.6. The molecule has 1 heterocycles. The molecule has 5 nitrogen and oxygen atoms in total. The highest BCUT2D eigenvalue weighted by Crippen LogP contribution is 2.21. The van der Waals surface area contributed by atoms with Crippen molar-refractivity contribution in [3.8, 4) is 11.3 Å². The van der Waals surface area contributed by atoms with Gasteiger partial charge in [-0.2, -0.15) is 0 Å². The van der Waals surface area contributed by atoms with Gasteiger partial charge in [0.1, 0.15) is 5.01 Å². The van der Waals surface area contributed by atoms with Gasteiger partial charge in [0.25, 0.3) is 0 Å². The van der Waals surface area contributed by atoms with E-state index in [1.54, 1.807) is 11.3 Å². The number of aliphatic imine (C=N–C) groups is 1. The van der Waals surface area contributed by atoms with Crippen molar-refractivity contribution >= 4 is 41.3 Å². The summed E-state index contributed by atoms with van der Waals surface area (Å²) >= 11 is 1.67. The molecule has 7 heteroatoms. The molecule has 0 amide bonds. The molecule has 2 rings (SSSR count). The van der Waals surface area contributed by atoms with Gasteiger partial charge in [-0.15, -0.1) is 35.3 Å².